The maximum Gasteiger partial charge on any atom is 0.114 e. The lowest BCUT2D eigenvalue weighted by molar-refractivity contribution is 0.886. The van der Waals surface area contributed by atoms with E-state index in [2.05, 4.69) is 67.3 Å². The summed E-state index contributed by atoms with van der Waals surface area (Å²) in [6, 6.07) is 13.2. The monoisotopic (exact) mass is 313 g/mol. The highest BCUT2D eigenvalue weighted by Crippen LogP contribution is 2.41. The van der Waals surface area contributed by atoms with Crippen LogP contribution in [0.1, 0.15) is 25.7 Å². The molecule has 0 N–H and O–H groups in total. The molecule has 0 aliphatic heterocycles. The smallest absolute Gasteiger partial charge is 0.114 e. The molecule has 2 aromatic carbocycles. The average Bonchev–Trinajstić information content (AvgIpc) is 2.93. The van der Waals surface area contributed by atoms with Gasteiger partial charge in [-0.15, -0.1) is 11.2 Å². The maximum atomic E-state index is 5.09. The Hall–Kier alpha value is -1.06. The highest BCUT2D eigenvalue weighted by Gasteiger charge is 2.19. The summed E-state index contributed by atoms with van der Waals surface area (Å²) in [7, 11) is -1.23. The van der Waals surface area contributed by atoms with Gasteiger partial charge in [0.25, 0.3) is 0 Å². The van der Waals surface area contributed by atoms with Gasteiger partial charge in [0.15, 0.2) is 0 Å². The normalized spacial score (nSPS) is 15.7. The minimum Gasteiger partial charge on any atom is -0.256 e. The van der Waals surface area contributed by atoms with Crippen LogP contribution in [0.15, 0.2) is 46.3 Å². The Morgan fingerprint density at radius 3 is 2.38 bits per heavy atom. The number of benzene rings is 2. The van der Waals surface area contributed by atoms with Crippen LogP contribution in [0.3, 0.4) is 0 Å². The van der Waals surface area contributed by atoms with Crippen molar-refractivity contribution in [2.24, 2.45) is 4.99 Å². The Bertz CT molecular complexity index is 677. The Morgan fingerprint density at radius 1 is 0.952 bits per heavy atom. The van der Waals surface area contributed by atoms with E-state index < -0.39 is 7.22 Å². The summed E-state index contributed by atoms with van der Waals surface area (Å²) in [5.74, 6) is 0. The lowest BCUT2D eigenvalue weighted by Gasteiger charge is -2.18. The second-order valence-corrected chi connectivity index (χ2v) is 15.9. The van der Waals surface area contributed by atoms with Crippen molar-refractivity contribution in [3.05, 3.63) is 36.4 Å². The van der Waals surface area contributed by atoms with Crippen LogP contribution >= 0.6 is 11.2 Å². The van der Waals surface area contributed by atoms with Gasteiger partial charge in [0.05, 0.1) is 5.69 Å². The fraction of sp³-hybridized carbons (Fsp3) is 0.389. The molecule has 1 aliphatic rings. The van der Waals surface area contributed by atoms with Gasteiger partial charge in [-0.3, -0.25) is 4.99 Å². The summed E-state index contributed by atoms with van der Waals surface area (Å²) in [4.78, 5) is 6.46. The molecule has 0 bridgehead atoms. The molecule has 110 valence electrons. The van der Waals surface area contributed by atoms with Crippen LogP contribution in [-0.2, 0) is 0 Å². The molecular formula is C18H23NSSi. The van der Waals surface area contributed by atoms with Crippen LogP contribution in [0.2, 0.25) is 19.6 Å². The van der Waals surface area contributed by atoms with E-state index in [0.717, 1.165) is 0 Å². The second kappa shape index (κ2) is 5.97. The summed E-state index contributed by atoms with van der Waals surface area (Å²) in [5.41, 5.74) is 2.61. The Kier molecular flexibility index (Phi) is 4.23. The summed E-state index contributed by atoms with van der Waals surface area (Å²) in [6.07, 6.45) is 4.97. The molecule has 0 spiro atoms. The van der Waals surface area contributed by atoms with Gasteiger partial charge in [0.1, 0.15) is 7.22 Å². The Morgan fingerprint density at radius 2 is 1.67 bits per heavy atom. The van der Waals surface area contributed by atoms with Gasteiger partial charge in [-0.1, -0.05) is 50.0 Å². The zero-order chi connectivity index (χ0) is 14.9. The molecular weight excluding hydrogens is 290 g/mol. The molecule has 1 saturated carbocycles. The minimum atomic E-state index is -1.23. The largest absolute Gasteiger partial charge is 0.256 e. The van der Waals surface area contributed by atoms with Crippen molar-refractivity contribution in [3.63, 3.8) is 0 Å². The molecule has 1 aliphatic carbocycles. The van der Waals surface area contributed by atoms with E-state index in [1.807, 2.05) is 0 Å². The van der Waals surface area contributed by atoms with Crippen molar-refractivity contribution in [3.8, 4) is 0 Å². The van der Waals surface area contributed by atoms with Gasteiger partial charge in [-0.2, -0.15) is 0 Å². The number of rotatable bonds is 3. The molecule has 3 rings (SSSR count). The first-order valence-corrected chi connectivity index (χ1v) is 12.8. The average molecular weight is 314 g/mol. The fourth-order valence-electron chi connectivity index (χ4n) is 2.82. The maximum absolute atomic E-state index is 5.09. The molecule has 0 saturated heterocycles. The van der Waals surface area contributed by atoms with Crippen LogP contribution in [-0.4, -0.2) is 12.9 Å². The summed E-state index contributed by atoms with van der Waals surface area (Å²) < 4.78 is 0. The summed E-state index contributed by atoms with van der Waals surface area (Å²) in [6.45, 7) is 7.21. The standard InChI is InChI=1S/C18H23NSSi/c1-21(2,3)20-17-13-12-14-8-4-7-11-16(14)18(17)19-15-9-5-6-10-15/h4,7-8,11-13H,5-6,9-10H2,1-3H3. The molecule has 0 unspecified atom stereocenters. The topological polar surface area (TPSA) is 12.4 Å². The summed E-state index contributed by atoms with van der Waals surface area (Å²) >= 11 is 2.06. The molecule has 1 nitrogen and oxygen atoms in total. The zero-order valence-corrected chi connectivity index (χ0v) is 15.0. The molecule has 0 atom stereocenters. The van der Waals surface area contributed by atoms with E-state index in [9.17, 15) is 0 Å². The summed E-state index contributed by atoms with van der Waals surface area (Å²) in [5, 5.41) is 2.61. The number of hydrogen-bond donors (Lipinski definition) is 0. The lowest BCUT2D eigenvalue weighted by atomic mass is 10.1. The van der Waals surface area contributed by atoms with Crippen molar-refractivity contribution in [2.45, 2.75) is 50.2 Å². The third kappa shape index (κ3) is 3.58. The van der Waals surface area contributed by atoms with E-state index in [1.165, 1.54) is 52.8 Å². The van der Waals surface area contributed by atoms with Gasteiger partial charge in [0.2, 0.25) is 0 Å². The third-order valence-electron chi connectivity index (χ3n) is 3.73. The van der Waals surface area contributed by atoms with Gasteiger partial charge >= 0.3 is 0 Å². The van der Waals surface area contributed by atoms with Gasteiger partial charge in [0, 0.05) is 16.0 Å². The van der Waals surface area contributed by atoms with Gasteiger partial charge in [-0.05, 0) is 37.1 Å². The second-order valence-electron chi connectivity index (χ2n) is 6.73. The van der Waals surface area contributed by atoms with E-state index in [-0.39, 0.29) is 0 Å². The predicted molar refractivity (Wildman–Crippen MR) is 98.7 cm³/mol. The van der Waals surface area contributed by atoms with Crippen molar-refractivity contribution in [1.29, 1.82) is 0 Å². The zero-order valence-electron chi connectivity index (χ0n) is 13.1. The van der Waals surface area contributed by atoms with Crippen LogP contribution in [0, 0.1) is 0 Å². The molecule has 0 amide bonds. The van der Waals surface area contributed by atoms with Crippen LogP contribution < -0.4 is 0 Å². The van der Waals surface area contributed by atoms with Crippen molar-refractivity contribution in [2.75, 3.05) is 0 Å². The van der Waals surface area contributed by atoms with E-state index in [0.29, 0.717) is 0 Å². The highest BCUT2D eigenvalue weighted by atomic mass is 32.4. The molecule has 0 aromatic heterocycles. The SMILES string of the molecule is C[Si](C)(C)Sc1ccc2ccccc2c1N=C1CCCC1. The molecule has 2 aromatic rings. The van der Waals surface area contributed by atoms with Crippen LogP contribution in [0.4, 0.5) is 5.69 Å². The Balaban J connectivity index is 2.15. The first kappa shape index (κ1) is 14.9. The number of nitrogens with zero attached hydrogens (tertiary/aromatic N) is 1. The third-order valence-corrected chi connectivity index (χ3v) is 7.39. The number of aliphatic imine (C=N–C) groups is 1. The van der Waals surface area contributed by atoms with Gasteiger partial charge in [-0.25, -0.2) is 0 Å². The first-order valence-electron chi connectivity index (χ1n) is 7.80. The van der Waals surface area contributed by atoms with Crippen molar-refractivity contribution in [1.82, 2.24) is 0 Å². The predicted octanol–water partition coefficient (Wildman–Crippen LogP) is 6.41. The Labute approximate surface area is 132 Å². The minimum absolute atomic E-state index is 1.18. The molecule has 1 fully saturated rings. The quantitative estimate of drug-likeness (QED) is 0.596. The van der Waals surface area contributed by atoms with Crippen LogP contribution in [0.25, 0.3) is 10.8 Å². The fourth-order valence-corrected chi connectivity index (χ4v) is 6.34. The van der Waals surface area contributed by atoms with Crippen molar-refractivity contribution >= 4 is 40.6 Å². The van der Waals surface area contributed by atoms with E-state index in [4.69, 9.17) is 4.99 Å². The van der Waals surface area contributed by atoms with E-state index >= 15 is 0 Å². The van der Waals surface area contributed by atoms with Gasteiger partial charge < -0.3 is 0 Å². The molecule has 0 radical (unpaired) electrons. The van der Waals surface area contributed by atoms with E-state index in [1.54, 1.807) is 0 Å². The number of hydrogen-bond acceptors (Lipinski definition) is 2. The molecule has 3 heteroatoms. The highest BCUT2D eigenvalue weighted by molar-refractivity contribution is 8.28. The van der Waals surface area contributed by atoms with Crippen LogP contribution in [0.5, 0.6) is 0 Å². The molecule has 21 heavy (non-hydrogen) atoms. The number of fused-ring (bicyclic) bond motifs is 1. The first-order chi connectivity index (χ1) is 10.0. The van der Waals surface area contributed by atoms with Crippen molar-refractivity contribution < 1.29 is 0 Å². The lowest BCUT2D eigenvalue weighted by Crippen LogP contribution is -2.13. The molecule has 0 heterocycles.